The maximum absolute atomic E-state index is 11.8. The quantitative estimate of drug-likeness (QED) is 0.618. The normalized spacial score (nSPS) is 12.9. The molecule has 7 nitrogen and oxygen atoms in total. The van der Waals surface area contributed by atoms with E-state index in [9.17, 15) is 9.59 Å². The minimum atomic E-state index is -0.583. The van der Waals surface area contributed by atoms with E-state index in [0.29, 0.717) is 17.2 Å². The summed E-state index contributed by atoms with van der Waals surface area (Å²) in [6.07, 6.45) is 2.49. The van der Waals surface area contributed by atoms with Crippen LogP contribution < -0.4 is 25.8 Å². The maximum Gasteiger partial charge on any atom is 0.255 e. The van der Waals surface area contributed by atoms with Gasteiger partial charge >= 0.3 is 0 Å². The van der Waals surface area contributed by atoms with E-state index in [1.807, 2.05) is 0 Å². The molecular formula is C15H22ClN3O4. The molecule has 0 atom stereocenters. The highest BCUT2D eigenvalue weighted by Crippen LogP contribution is 2.30. The van der Waals surface area contributed by atoms with Gasteiger partial charge in [0.15, 0.2) is 18.1 Å². The number of nitrogens with one attached hydrogen (secondary N) is 2. The summed E-state index contributed by atoms with van der Waals surface area (Å²) in [6.45, 7) is 0.889. The lowest BCUT2D eigenvalue weighted by molar-refractivity contribution is -0.120. The summed E-state index contributed by atoms with van der Waals surface area (Å²) in [7, 11) is 1.49. The van der Waals surface area contributed by atoms with E-state index < -0.39 is 5.91 Å². The lowest BCUT2D eigenvalue weighted by Gasteiger charge is -2.12. The molecule has 0 radical (unpaired) electrons. The van der Waals surface area contributed by atoms with Gasteiger partial charge in [0.05, 0.1) is 13.7 Å². The summed E-state index contributed by atoms with van der Waals surface area (Å²) in [5, 5.41) is 5.88. The zero-order valence-electron chi connectivity index (χ0n) is 13.0. The molecule has 4 N–H and O–H groups in total. The third-order valence-electron chi connectivity index (χ3n) is 3.23. The summed E-state index contributed by atoms with van der Waals surface area (Å²) >= 11 is 0. The van der Waals surface area contributed by atoms with Crippen LogP contribution in [0.4, 0.5) is 5.69 Å². The number of hydrogen-bond donors (Lipinski definition) is 3. The Hall–Kier alpha value is -1.99. The van der Waals surface area contributed by atoms with Crippen LogP contribution in [0.1, 0.15) is 12.8 Å². The second kappa shape index (κ2) is 9.22. The van der Waals surface area contributed by atoms with Gasteiger partial charge in [-0.1, -0.05) is 0 Å². The molecule has 1 aliphatic carbocycles. The molecule has 0 saturated heterocycles. The summed E-state index contributed by atoms with van der Waals surface area (Å²) in [6, 6.07) is 4.96. The first-order valence-electron chi connectivity index (χ1n) is 7.18. The average Bonchev–Trinajstić information content (AvgIpc) is 3.29. The number of hydrogen-bond acceptors (Lipinski definition) is 5. The Morgan fingerprint density at radius 3 is 2.65 bits per heavy atom. The van der Waals surface area contributed by atoms with Crippen molar-refractivity contribution in [3.05, 3.63) is 18.2 Å². The first-order chi connectivity index (χ1) is 10.6. The van der Waals surface area contributed by atoms with Crippen LogP contribution >= 0.6 is 12.4 Å². The molecule has 23 heavy (non-hydrogen) atoms. The van der Waals surface area contributed by atoms with Gasteiger partial charge in [0.2, 0.25) is 5.91 Å². The van der Waals surface area contributed by atoms with Crippen molar-refractivity contribution < 1.29 is 19.1 Å². The van der Waals surface area contributed by atoms with Crippen molar-refractivity contribution in [2.45, 2.75) is 12.8 Å². The number of benzene rings is 1. The van der Waals surface area contributed by atoms with Gasteiger partial charge in [-0.05, 0) is 37.4 Å². The van der Waals surface area contributed by atoms with Gasteiger partial charge in [0.1, 0.15) is 0 Å². The fourth-order valence-electron chi connectivity index (χ4n) is 1.93. The Kier molecular flexibility index (Phi) is 7.64. The fraction of sp³-hybridized carbons (Fsp3) is 0.467. The molecule has 1 saturated carbocycles. The largest absolute Gasteiger partial charge is 0.493 e. The summed E-state index contributed by atoms with van der Waals surface area (Å²) < 4.78 is 10.4. The van der Waals surface area contributed by atoms with E-state index in [0.717, 1.165) is 12.5 Å². The van der Waals surface area contributed by atoms with Gasteiger partial charge in [-0.15, -0.1) is 12.4 Å². The van der Waals surface area contributed by atoms with Crippen molar-refractivity contribution in [1.29, 1.82) is 0 Å². The van der Waals surface area contributed by atoms with Gasteiger partial charge in [-0.25, -0.2) is 0 Å². The number of nitrogens with two attached hydrogens (primary N) is 1. The Labute approximate surface area is 141 Å². The molecule has 0 bridgehead atoms. The van der Waals surface area contributed by atoms with Crippen LogP contribution in [0.2, 0.25) is 0 Å². The first-order valence-corrected chi connectivity index (χ1v) is 7.18. The number of primary amides is 1. The number of amides is 2. The van der Waals surface area contributed by atoms with Crippen LogP contribution in [-0.2, 0) is 9.59 Å². The smallest absolute Gasteiger partial charge is 0.255 e. The molecule has 1 fully saturated rings. The van der Waals surface area contributed by atoms with Crippen molar-refractivity contribution in [1.82, 2.24) is 5.32 Å². The summed E-state index contributed by atoms with van der Waals surface area (Å²) in [5.74, 6) is 0.825. The van der Waals surface area contributed by atoms with Gasteiger partial charge in [-0.3, -0.25) is 9.59 Å². The minimum Gasteiger partial charge on any atom is -0.493 e. The van der Waals surface area contributed by atoms with Crippen LogP contribution in [0.15, 0.2) is 18.2 Å². The maximum atomic E-state index is 11.8. The fourth-order valence-corrected chi connectivity index (χ4v) is 1.93. The molecule has 0 aliphatic heterocycles. The molecule has 8 heteroatoms. The topological polar surface area (TPSA) is 103 Å². The number of carbonyl (C=O) groups is 2. The van der Waals surface area contributed by atoms with Crippen LogP contribution in [-0.4, -0.2) is 38.6 Å². The third-order valence-corrected chi connectivity index (χ3v) is 3.23. The number of rotatable bonds is 9. The van der Waals surface area contributed by atoms with Crippen molar-refractivity contribution in [3.8, 4) is 11.5 Å². The molecule has 2 rings (SSSR count). The minimum absolute atomic E-state index is 0. The van der Waals surface area contributed by atoms with E-state index in [2.05, 4.69) is 10.6 Å². The second-order valence-corrected chi connectivity index (χ2v) is 5.24. The predicted octanol–water partition coefficient (Wildman–Crippen LogP) is 0.919. The Morgan fingerprint density at radius 2 is 2.04 bits per heavy atom. The Morgan fingerprint density at radius 1 is 1.30 bits per heavy atom. The van der Waals surface area contributed by atoms with Gasteiger partial charge in [0, 0.05) is 11.8 Å². The van der Waals surface area contributed by atoms with E-state index in [4.69, 9.17) is 15.2 Å². The molecule has 1 aromatic rings. The number of ether oxygens (including phenoxy) is 2. The SMILES string of the molecule is COc1ccc(NC(=O)CNCC2CC2)cc1OCC(N)=O.Cl. The highest BCUT2D eigenvalue weighted by Gasteiger charge is 2.20. The van der Waals surface area contributed by atoms with Crippen molar-refractivity contribution >= 4 is 29.9 Å². The van der Waals surface area contributed by atoms with Crippen molar-refractivity contribution in [2.24, 2.45) is 11.7 Å². The zero-order chi connectivity index (χ0) is 15.9. The molecule has 0 spiro atoms. The van der Waals surface area contributed by atoms with Crippen molar-refractivity contribution in [3.63, 3.8) is 0 Å². The molecule has 0 unspecified atom stereocenters. The number of carbonyl (C=O) groups excluding carboxylic acids is 2. The van der Waals surface area contributed by atoms with Gasteiger partial charge in [0.25, 0.3) is 5.91 Å². The van der Waals surface area contributed by atoms with E-state index >= 15 is 0 Å². The van der Waals surface area contributed by atoms with Crippen LogP contribution in [0.25, 0.3) is 0 Å². The molecular weight excluding hydrogens is 322 g/mol. The summed E-state index contributed by atoms with van der Waals surface area (Å²) in [4.78, 5) is 22.6. The van der Waals surface area contributed by atoms with Crippen LogP contribution in [0, 0.1) is 5.92 Å². The first kappa shape index (κ1) is 19.1. The standard InChI is InChI=1S/C15H21N3O4.ClH/c1-21-12-5-4-11(6-13(12)22-9-14(16)19)18-15(20)8-17-7-10-2-3-10;/h4-6,10,17H,2-3,7-9H2,1H3,(H2,16,19)(H,18,20);1H. The monoisotopic (exact) mass is 343 g/mol. The second-order valence-electron chi connectivity index (χ2n) is 5.24. The van der Waals surface area contributed by atoms with E-state index in [-0.39, 0.29) is 31.5 Å². The number of methoxy groups -OCH3 is 1. The Bertz CT molecular complexity index is 550. The van der Waals surface area contributed by atoms with Crippen LogP contribution in [0.3, 0.4) is 0 Å². The molecule has 0 aromatic heterocycles. The molecule has 0 heterocycles. The number of halogens is 1. The van der Waals surface area contributed by atoms with Gasteiger partial charge < -0.3 is 25.8 Å². The van der Waals surface area contributed by atoms with Crippen molar-refractivity contribution in [2.75, 3.05) is 32.1 Å². The molecule has 2 amide bonds. The highest BCUT2D eigenvalue weighted by atomic mass is 35.5. The lowest BCUT2D eigenvalue weighted by Crippen LogP contribution is -2.29. The van der Waals surface area contributed by atoms with E-state index in [1.165, 1.54) is 20.0 Å². The average molecular weight is 344 g/mol. The number of anilines is 1. The highest BCUT2D eigenvalue weighted by molar-refractivity contribution is 5.92. The molecule has 128 valence electrons. The molecule has 1 aromatic carbocycles. The Balaban J connectivity index is 0.00000264. The van der Waals surface area contributed by atoms with Gasteiger partial charge in [-0.2, -0.15) is 0 Å². The molecule has 1 aliphatic rings. The summed E-state index contributed by atoms with van der Waals surface area (Å²) in [5.41, 5.74) is 5.62. The van der Waals surface area contributed by atoms with E-state index in [1.54, 1.807) is 18.2 Å². The lowest BCUT2D eigenvalue weighted by atomic mass is 10.2. The van der Waals surface area contributed by atoms with Crippen LogP contribution in [0.5, 0.6) is 11.5 Å². The third kappa shape index (κ3) is 6.75. The zero-order valence-corrected chi connectivity index (χ0v) is 13.8. The predicted molar refractivity (Wildman–Crippen MR) is 89.2 cm³/mol.